The molecule has 0 aromatic heterocycles. The van der Waals surface area contributed by atoms with Gasteiger partial charge in [-0.3, -0.25) is 9.69 Å². The molecule has 0 aliphatic carbocycles. The van der Waals surface area contributed by atoms with Crippen LogP contribution in [-0.2, 0) is 9.59 Å². The van der Waals surface area contributed by atoms with Gasteiger partial charge in [0, 0.05) is 0 Å². The number of aromatic hydroxyl groups is 1. The predicted octanol–water partition coefficient (Wildman–Crippen LogP) is 4.51. The van der Waals surface area contributed by atoms with Crippen LogP contribution < -0.4 is 9.47 Å². The van der Waals surface area contributed by atoms with Gasteiger partial charge < -0.3 is 19.7 Å². The fourth-order valence-electron chi connectivity index (χ4n) is 3.42. The highest BCUT2D eigenvalue weighted by Crippen LogP contribution is 2.42. The van der Waals surface area contributed by atoms with Gasteiger partial charge in [-0.15, -0.1) is 0 Å². The number of para-hydroxylation sites is 1. The predicted molar refractivity (Wildman–Crippen MR) is 128 cm³/mol. The van der Waals surface area contributed by atoms with E-state index in [0.29, 0.717) is 11.3 Å². The third-order valence-corrected chi connectivity index (χ3v) is 5.91. The van der Waals surface area contributed by atoms with Crippen LogP contribution in [0.1, 0.15) is 26.3 Å². The number of carboxylic acid groups (broad SMARTS) is 1. The molecule has 0 bridgehead atoms. The van der Waals surface area contributed by atoms with Gasteiger partial charge in [-0.2, -0.15) is 0 Å². The molecule has 1 atom stereocenters. The molecule has 1 amide bonds. The first-order valence-electron chi connectivity index (χ1n) is 10.1. The summed E-state index contributed by atoms with van der Waals surface area (Å²) in [6.07, 6.45) is 1.60. The molecule has 0 spiro atoms. The molecule has 1 aliphatic heterocycles. The van der Waals surface area contributed by atoms with Crippen molar-refractivity contribution in [2.24, 2.45) is 10.4 Å². The normalized spacial score (nSPS) is 17.5. The average molecular weight is 471 g/mol. The molecule has 1 fully saturated rings. The van der Waals surface area contributed by atoms with Crippen LogP contribution in [0.4, 0.5) is 5.69 Å². The molecular weight excluding hydrogens is 444 g/mol. The first-order chi connectivity index (χ1) is 15.6. The van der Waals surface area contributed by atoms with Crippen LogP contribution in [0.15, 0.2) is 52.4 Å². The lowest BCUT2D eigenvalue weighted by molar-refractivity contribution is -0.149. The largest absolute Gasteiger partial charge is 0.502 e. The van der Waals surface area contributed by atoms with Gasteiger partial charge in [0.1, 0.15) is 6.04 Å². The SMILES string of the molecule is COc1cc(C=C2SC(=Nc3ccccc3)N(C(C(=O)O)C(C)(C)C)C2=O)cc(OC)c1O. The van der Waals surface area contributed by atoms with Gasteiger partial charge >= 0.3 is 5.97 Å². The number of carbonyl (C=O) groups is 2. The van der Waals surface area contributed by atoms with E-state index in [4.69, 9.17) is 9.47 Å². The Balaban J connectivity index is 2.13. The van der Waals surface area contributed by atoms with Gasteiger partial charge in [-0.05, 0) is 53.1 Å². The summed E-state index contributed by atoms with van der Waals surface area (Å²) in [5, 5.41) is 20.4. The number of phenolic OH excluding ortho intramolecular Hbond substituents is 1. The number of aliphatic carboxylic acids is 1. The number of methoxy groups -OCH3 is 2. The van der Waals surface area contributed by atoms with Gasteiger partial charge in [0.25, 0.3) is 5.91 Å². The first kappa shape index (κ1) is 24.2. The molecule has 2 N–H and O–H groups in total. The minimum Gasteiger partial charge on any atom is -0.502 e. The number of hydrogen-bond donors (Lipinski definition) is 2. The van der Waals surface area contributed by atoms with Crippen molar-refractivity contribution in [2.75, 3.05) is 14.2 Å². The van der Waals surface area contributed by atoms with E-state index in [9.17, 15) is 19.8 Å². The fourth-order valence-corrected chi connectivity index (χ4v) is 4.44. The van der Waals surface area contributed by atoms with Gasteiger partial charge in [-0.25, -0.2) is 9.79 Å². The first-order valence-corrected chi connectivity index (χ1v) is 10.9. The molecule has 1 unspecified atom stereocenters. The Morgan fingerprint density at radius 3 is 2.18 bits per heavy atom. The van der Waals surface area contributed by atoms with Gasteiger partial charge in [0.05, 0.1) is 24.8 Å². The number of aliphatic imine (C=N–C) groups is 1. The zero-order valence-corrected chi connectivity index (χ0v) is 19.8. The van der Waals surface area contributed by atoms with Crippen LogP contribution in [0.3, 0.4) is 0 Å². The Bertz CT molecular complexity index is 1100. The highest BCUT2D eigenvalue weighted by molar-refractivity contribution is 8.18. The molecule has 3 rings (SSSR count). The van der Waals surface area contributed by atoms with Gasteiger partial charge in [0.2, 0.25) is 5.75 Å². The van der Waals surface area contributed by atoms with E-state index >= 15 is 0 Å². The maximum Gasteiger partial charge on any atom is 0.327 e. The number of benzene rings is 2. The molecule has 8 nitrogen and oxygen atoms in total. The smallest absolute Gasteiger partial charge is 0.327 e. The van der Waals surface area contributed by atoms with Crippen LogP contribution in [-0.4, -0.2) is 52.4 Å². The zero-order valence-electron chi connectivity index (χ0n) is 19.0. The Morgan fingerprint density at radius 2 is 1.70 bits per heavy atom. The van der Waals surface area contributed by atoms with Crippen LogP contribution in [0.5, 0.6) is 17.2 Å². The summed E-state index contributed by atoms with van der Waals surface area (Å²) in [6, 6.07) is 11.0. The maximum atomic E-state index is 13.5. The summed E-state index contributed by atoms with van der Waals surface area (Å²) in [7, 11) is 2.82. The highest BCUT2D eigenvalue weighted by atomic mass is 32.2. The zero-order chi connectivity index (χ0) is 24.3. The van der Waals surface area contributed by atoms with Crippen LogP contribution in [0, 0.1) is 5.41 Å². The van der Waals surface area contributed by atoms with Crippen molar-refractivity contribution in [3.8, 4) is 17.2 Å². The number of nitrogens with zero attached hydrogens (tertiary/aromatic N) is 2. The van der Waals surface area contributed by atoms with Crippen molar-refractivity contribution in [3.63, 3.8) is 0 Å². The van der Waals surface area contributed by atoms with E-state index in [0.717, 1.165) is 11.8 Å². The summed E-state index contributed by atoms with van der Waals surface area (Å²) >= 11 is 1.09. The van der Waals surface area contributed by atoms with Crippen molar-refractivity contribution in [1.29, 1.82) is 0 Å². The number of amides is 1. The third-order valence-electron chi connectivity index (χ3n) is 4.93. The van der Waals surface area contributed by atoms with E-state index in [1.807, 2.05) is 18.2 Å². The standard InChI is InChI=1S/C24H26N2O6S/c1-24(2,3)20(22(29)30)26-21(28)18(33-23(26)25-15-9-7-6-8-10-15)13-14-11-16(31-4)19(27)17(12-14)32-5/h6-13,20,27H,1-5H3,(H,29,30). The average Bonchev–Trinajstić information content (AvgIpc) is 3.03. The molecule has 9 heteroatoms. The number of phenols is 1. The summed E-state index contributed by atoms with van der Waals surface area (Å²) in [4.78, 5) is 31.8. The van der Waals surface area contributed by atoms with Crippen molar-refractivity contribution < 1.29 is 29.3 Å². The lowest BCUT2D eigenvalue weighted by Crippen LogP contribution is -2.51. The van der Waals surface area contributed by atoms with Crippen molar-refractivity contribution in [3.05, 3.63) is 52.9 Å². The lowest BCUT2D eigenvalue weighted by Gasteiger charge is -2.33. The molecule has 1 aliphatic rings. The lowest BCUT2D eigenvalue weighted by atomic mass is 9.85. The van der Waals surface area contributed by atoms with E-state index in [1.54, 1.807) is 51.1 Å². The van der Waals surface area contributed by atoms with Crippen molar-refractivity contribution >= 4 is 40.6 Å². The molecule has 174 valence electrons. The molecule has 1 heterocycles. The summed E-state index contributed by atoms with van der Waals surface area (Å²) in [5.74, 6) is -1.37. The molecular formula is C24H26N2O6S. The van der Waals surface area contributed by atoms with Crippen molar-refractivity contribution in [2.45, 2.75) is 26.8 Å². The van der Waals surface area contributed by atoms with Crippen LogP contribution >= 0.6 is 11.8 Å². The molecule has 2 aromatic rings. The summed E-state index contributed by atoms with van der Waals surface area (Å²) in [6.45, 7) is 5.30. The maximum absolute atomic E-state index is 13.5. The van der Waals surface area contributed by atoms with Crippen LogP contribution in [0.2, 0.25) is 0 Å². The molecule has 1 saturated heterocycles. The summed E-state index contributed by atoms with van der Waals surface area (Å²) in [5.41, 5.74) is 0.394. The second-order valence-corrected chi connectivity index (χ2v) is 9.41. The molecule has 33 heavy (non-hydrogen) atoms. The number of thioether (sulfide) groups is 1. The minimum absolute atomic E-state index is 0.154. The number of carboxylic acids is 1. The fraction of sp³-hybridized carbons (Fsp3) is 0.292. The van der Waals surface area contributed by atoms with Crippen LogP contribution in [0.25, 0.3) is 6.08 Å². The van der Waals surface area contributed by atoms with E-state index in [2.05, 4.69) is 4.99 Å². The Kier molecular flexibility index (Phi) is 7.02. The van der Waals surface area contributed by atoms with Gasteiger partial charge in [0.15, 0.2) is 16.7 Å². The van der Waals surface area contributed by atoms with Gasteiger partial charge in [-0.1, -0.05) is 39.0 Å². The molecule has 0 radical (unpaired) electrons. The second kappa shape index (κ2) is 9.58. The quantitative estimate of drug-likeness (QED) is 0.598. The molecule has 0 saturated carbocycles. The molecule has 2 aromatic carbocycles. The number of rotatable bonds is 6. The Morgan fingerprint density at radius 1 is 1.12 bits per heavy atom. The monoisotopic (exact) mass is 470 g/mol. The van der Waals surface area contributed by atoms with E-state index in [-0.39, 0.29) is 27.3 Å². The minimum atomic E-state index is -1.13. The Labute approximate surface area is 196 Å². The summed E-state index contributed by atoms with van der Waals surface area (Å²) < 4.78 is 10.4. The highest BCUT2D eigenvalue weighted by Gasteiger charge is 2.46. The topological polar surface area (TPSA) is 109 Å². The second-order valence-electron chi connectivity index (χ2n) is 8.40. The Hall–Kier alpha value is -3.46. The number of hydrogen-bond acceptors (Lipinski definition) is 7. The third kappa shape index (κ3) is 5.14. The number of ether oxygens (including phenoxy) is 2. The number of amidine groups is 1. The number of carbonyl (C=O) groups excluding carboxylic acids is 1. The van der Waals surface area contributed by atoms with E-state index in [1.165, 1.54) is 19.1 Å². The van der Waals surface area contributed by atoms with E-state index < -0.39 is 23.3 Å². The van der Waals surface area contributed by atoms with Crippen molar-refractivity contribution in [1.82, 2.24) is 4.90 Å².